The number of amides is 1. The lowest BCUT2D eigenvalue weighted by Crippen LogP contribution is -2.30. The van der Waals surface area contributed by atoms with Gasteiger partial charge < -0.3 is 10.4 Å². The molecule has 7 heteroatoms. The lowest BCUT2D eigenvalue weighted by atomic mass is 10.2. The van der Waals surface area contributed by atoms with Crippen LogP contribution in [-0.4, -0.2) is 27.5 Å². The minimum Gasteiger partial charge on any atom is -0.480 e. The second-order valence-corrected chi connectivity index (χ2v) is 5.85. The molecule has 0 heterocycles. The maximum absolute atomic E-state index is 13.3. The van der Waals surface area contributed by atoms with Gasteiger partial charge in [0.25, 0.3) is 0 Å². The lowest BCUT2D eigenvalue weighted by molar-refractivity contribution is -0.138. The molecule has 4 nitrogen and oxygen atoms in total. The normalized spacial score (nSPS) is 11.2. The number of benzene rings is 1. The predicted octanol–water partition coefficient (Wildman–Crippen LogP) is 2.50. The molecule has 1 aromatic carbocycles. The summed E-state index contributed by atoms with van der Waals surface area (Å²) in [5, 5.41) is 10.9. The number of carboxylic acid groups (broad SMARTS) is 1. The summed E-state index contributed by atoms with van der Waals surface area (Å²) >= 11 is 0.869. The Morgan fingerprint density at radius 2 is 1.84 bits per heavy atom. The van der Waals surface area contributed by atoms with Crippen LogP contribution in [0.4, 0.5) is 14.5 Å². The smallest absolute Gasteiger partial charge is 0.319 e. The van der Waals surface area contributed by atoms with E-state index < -0.39 is 33.9 Å². The number of hydrogen-bond donors (Lipinski definition) is 2. The molecule has 0 aliphatic heterocycles. The summed E-state index contributed by atoms with van der Waals surface area (Å²) in [5.41, 5.74) is -0.527. The third-order valence-electron chi connectivity index (χ3n) is 2.31. The molecule has 1 rings (SSSR count). The Morgan fingerprint density at radius 1 is 1.32 bits per heavy atom. The quantitative estimate of drug-likeness (QED) is 0.874. The monoisotopic (exact) mass is 289 g/mol. The summed E-state index contributed by atoms with van der Waals surface area (Å²) in [6.07, 6.45) is 0. The summed E-state index contributed by atoms with van der Waals surface area (Å²) < 4.78 is 25.4. The van der Waals surface area contributed by atoms with Crippen LogP contribution < -0.4 is 5.32 Å². The van der Waals surface area contributed by atoms with Crippen molar-refractivity contribution < 1.29 is 23.5 Å². The average Bonchev–Trinajstić information content (AvgIpc) is 2.31. The second kappa shape index (κ2) is 6.01. The van der Waals surface area contributed by atoms with Crippen molar-refractivity contribution in [2.75, 3.05) is 11.1 Å². The van der Waals surface area contributed by atoms with Crippen molar-refractivity contribution in [1.82, 2.24) is 0 Å². The number of rotatable bonds is 5. The fraction of sp³-hybridized carbons (Fsp3) is 0.333. The maximum Gasteiger partial charge on any atom is 0.319 e. The lowest BCUT2D eigenvalue weighted by Gasteiger charge is -2.18. The highest BCUT2D eigenvalue weighted by Gasteiger charge is 2.28. The molecular formula is C12H13F2NO3S. The first-order valence-corrected chi connectivity index (χ1v) is 6.34. The molecule has 0 bridgehead atoms. The number of nitrogens with one attached hydrogen (secondary N) is 1. The van der Waals surface area contributed by atoms with E-state index in [0.29, 0.717) is 0 Å². The molecule has 0 saturated heterocycles. The van der Waals surface area contributed by atoms with Crippen LogP contribution in [0.1, 0.15) is 13.8 Å². The summed E-state index contributed by atoms with van der Waals surface area (Å²) in [6, 6.07) is 3.22. The highest BCUT2D eigenvalue weighted by molar-refractivity contribution is 8.02. The van der Waals surface area contributed by atoms with Gasteiger partial charge in [-0.25, -0.2) is 8.78 Å². The molecule has 0 radical (unpaired) electrons. The van der Waals surface area contributed by atoms with Crippen molar-refractivity contribution in [3.05, 3.63) is 29.8 Å². The third kappa shape index (κ3) is 4.20. The van der Waals surface area contributed by atoms with E-state index in [4.69, 9.17) is 5.11 Å². The summed E-state index contributed by atoms with van der Waals surface area (Å²) in [4.78, 5) is 22.4. The van der Waals surface area contributed by atoms with E-state index in [-0.39, 0.29) is 5.75 Å². The number of para-hydroxylation sites is 1. The SMILES string of the molecule is CC(C)(SCC(=O)Nc1c(F)cccc1F)C(=O)O. The van der Waals surface area contributed by atoms with Gasteiger partial charge in [-0.05, 0) is 26.0 Å². The summed E-state index contributed by atoms with van der Waals surface area (Å²) in [7, 11) is 0. The highest BCUT2D eigenvalue weighted by atomic mass is 32.2. The van der Waals surface area contributed by atoms with Gasteiger partial charge in [0.05, 0.1) is 5.75 Å². The Labute approximate surface area is 113 Å². The van der Waals surface area contributed by atoms with Crippen molar-refractivity contribution in [2.45, 2.75) is 18.6 Å². The Bertz CT molecular complexity index is 485. The fourth-order valence-electron chi connectivity index (χ4n) is 1.10. The zero-order chi connectivity index (χ0) is 14.6. The van der Waals surface area contributed by atoms with E-state index in [9.17, 15) is 18.4 Å². The van der Waals surface area contributed by atoms with Crippen molar-refractivity contribution >= 4 is 29.3 Å². The first-order chi connectivity index (χ1) is 8.74. The van der Waals surface area contributed by atoms with Gasteiger partial charge in [-0.2, -0.15) is 0 Å². The summed E-state index contributed by atoms with van der Waals surface area (Å²) in [6.45, 7) is 2.88. The second-order valence-electron chi connectivity index (χ2n) is 4.25. The first-order valence-electron chi connectivity index (χ1n) is 5.35. The number of hydrogen-bond acceptors (Lipinski definition) is 3. The Balaban J connectivity index is 2.64. The van der Waals surface area contributed by atoms with Gasteiger partial charge in [-0.3, -0.25) is 9.59 Å². The van der Waals surface area contributed by atoms with E-state index in [2.05, 4.69) is 5.32 Å². The molecule has 104 valence electrons. The van der Waals surface area contributed by atoms with Crippen LogP contribution in [0.3, 0.4) is 0 Å². The molecule has 0 saturated carbocycles. The van der Waals surface area contributed by atoms with E-state index >= 15 is 0 Å². The van der Waals surface area contributed by atoms with Gasteiger partial charge >= 0.3 is 5.97 Å². The van der Waals surface area contributed by atoms with E-state index in [0.717, 1.165) is 23.9 Å². The maximum atomic E-state index is 13.3. The molecule has 0 spiro atoms. The Kier molecular flexibility index (Phi) is 4.88. The van der Waals surface area contributed by atoms with Gasteiger partial charge in [0, 0.05) is 0 Å². The summed E-state index contributed by atoms with van der Waals surface area (Å²) in [5.74, 6) is -3.70. The van der Waals surface area contributed by atoms with E-state index in [1.165, 1.54) is 19.9 Å². The van der Waals surface area contributed by atoms with Gasteiger partial charge in [-0.1, -0.05) is 6.07 Å². The van der Waals surface area contributed by atoms with Gasteiger partial charge in [0.15, 0.2) is 0 Å². The molecule has 1 amide bonds. The molecule has 0 aliphatic carbocycles. The number of anilines is 1. The minimum atomic E-state index is -1.15. The van der Waals surface area contributed by atoms with E-state index in [1.54, 1.807) is 0 Å². The van der Waals surface area contributed by atoms with Gasteiger partial charge in [0.2, 0.25) is 5.91 Å². The van der Waals surface area contributed by atoms with Crippen molar-refractivity contribution in [1.29, 1.82) is 0 Å². The van der Waals surface area contributed by atoms with Crippen LogP contribution in [0.25, 0.3) is 0 Å². The van der Waals surface area contributed by atoms with Crippen LogP contribution in [0, 0.1) is 11.6 Å². The number of thioether (sulfide) groups is 1. The third-order valence-corrected chi connectivity index (χ3v) is 3.61. The van der Waals surface area contributed by atoms with Gasteiger partial charge in [-0.15, -0.1) is 11.8 Å². The number of halogens is 2. The molecule has 19 heavy (non-hydrogen) atoms. The molecule has 0 fully saturated rings. The van der Waals surface area contributed by atoms with Crippen LogP contribution in [-0.2, 0) is 9.59 Å². The predicted molar refractivity (Wildman–Crippen MR) is 69.2 cm³/mol. The van der Waals surface area contributed by atoms with Crippen molar-refractivity contribution in [3.8, 4) is 0 Å². The minimum absolute atomic E-state index is 0.215. The largest absolute Gasteiger partial charge is 0.480 e. The van der Waals surface area contributed by atoms with Gasteiger partial charge in [0.1, 0.15) is 22.1 Å². The van der Waals surface area contributed by atoms with Crippen molar-refractivity contribution in [2.24, 2.45) is 0 Å². The molecule has 0 unspecified atom stereocenters. The fourth-order valence-corrected chi connectivity index (χ4v) is 1.79. The molecular weight excluding hydrogens is 276 g/mol. The molecule has 0 aliphatic rings. The molecule has 0 aromatic heterocycles. The highest BCUT2D eigenvalue weighted by Crippen LogP contribution is 2.25. The zero-order valence-electron chi connectivity index (χ0n) is 10.4. The zero-order valence-corrected chi connectivity index (χ0v) is 11.2. The number of carbonyl (C=O) groups is 2. The topological polar surface area (TPSA) is 66.4 Å². The molecule has 1 aromatic rings. The molecule has 0 atom stereocenters. The number of carboxylic acids is 1. The number of carbonyl (C=O) groups excluding carboxylic acids is 1. The van der Waals surface area contributed by atoms with E-state index in [1.807, 2.05) is 0 Å². The first kappa shape index (κ1) is 15.4. The standard InChI is InChI=1S/C12H13F2NO3S/c1-12(2,11(17)18)19-6-9(16)15-10-7(13)4-3-5-8(10)14/h3-5H,6H2,1-2H3,(H,15,16)(H,17,18). The van der Waals surface area contributed by atoms with Crippen molar-refractivity contribution in [3.63, 3.8) is 0 Å². The van der Waals surface area contributed by atoms with Crippen LogP contribution in [0.5, 0.6) is 0 Å². The Hall–Kier alpha value is -1.63. The van der Waals surface area contributed by atoms with Crippen LogP contribution >= 0.6 is 11.8 Å². The molecule has 2 N–H and O–H groups in total. The van der Waals surface area contributed by atoms with Crippen LogP contribution in [0.15, 0.2) is 18.2 Å². The van der Waals surface area contributed by atoms with Crippen LogP contribution in [0.2, 0.25) is 0 Å². The Morgan fingerprint density at radius 3 is 2.32 bits per heavy atom. The number of aliphatic carboxylic acids is 1. The average molecular weight is 289 g/mol.